The fourth-order valence-electron chi connectivity index (χ4n) is 4.54. The van der Waals surface area contributed by atoms with Crippen molar-refractivity contribution in [2.24, 2.45) is 5.92 Å². The molecule has 1 aromatic rings. The van der Waals surface area contributed by atoms with Crippen molar-refractivity contribution in [2.75, 3.05) is 50.5 Å². The summed E-state index contributed by atoms with van der Waals surface area (Å²) in [5.74, 6) is 1.90. The van der Waals surface area contributed by atoms with Gasteiger partial charge in [0, 0.05) is 58.4 Å². The molecule has 184 valence electrons. The fraction of sp³-hybridized carbons (Fsp3) is 0.739. The predicted molar refractivity (Wildman–Crippen MR) is 132 cm³/mol. The lowest BCUT2D eigenvalue weighted by Gasteiger charge is -2.40. The molecule has 2 aliphatic rings. The Kier molecular flexibility index (Phi) is 10.5. The van der Waals surface area contributed by atoms with Crippen molar-refractivity contribution in [1.82, 2.24) is 20.2 Å². The number of ether oxygens (including phenoxy) is 1. The van der Waals surface area contributed by atoms with E-state index in [4.69, 9.17) is 16.3 Å². The van der Waals surface area contributed by atoms with Crippen molar-refractivity contribution in [3.8, 4) is 0 Å². The number of piperazine rings is 1. The summed E-state index contributed by atoms with van der Waals surface area (Å²) < 4.78 is 4.98. The molecule has 1 aromatic heterocycles. The van der Waals surface area contributed by atoms with Crippen molar-refractivity contribution >= 4 is 41.0 Å². The number of methoxy groups -OCH3 is 1. The summed E-state index contributed by atoms with van der Waals surface area (Å²) >= 11 is 7.52. The third kappa shape index (κ3) is 8.30. The van der Waals surface area contributed by atoms with E-state index < -0.39 is 0 Å². The molecular weight excluding hydrogens is 462 g/mol. The Morgan fingerprint density at radius 1 is 1.27 bits per heavy atom. The summed E-state index contributed by atoms with van der Waals surface area (Å²) in [6.07, 6.45) is 7.64. The lowest BCUT2D eigenvalue weighted by molar-refractivity contribution is -0.134. The van der Waals surface area contributed by atoms with Gasteiger partial charge >= 0.3 is 0 Å². The lowest BCUT2D eigenvalue weighted by atomic mass is 10.0. The van der Waals surface area contributed by atoms with Gasteiger partial charge in [-0.3, -0.25) is 9.59 Å². The van der Waals surface area contributed by atoms with E-state index in [1.807, 2.05) is 4.90 Å². The fourth-order valence-corrected chi connectivity index (χ4v) is 5.45. The highest BCUT2D eigenvalue weighted by atomic mass is 35.5. The van der Waals surface area contributed by atoms with E-state index in [1.165, 1.54) is 37.4 Å². The van der Waals surface area contributed by atoms with E-state index in [-0.39, 0.29) is 23.6 Å². The molecule has 1 saturated heterocycles. The summed E-state index contributed by atoms with van der Waals surface area (Å²) in [4.78, 5) is 37.9. The van der Waals surface area contributed by atoms with Crippen LogP contribution in [0.15, 0.2) is 11.2 Å². The molecule has 1 saturated carbocycles. The van der Waals surface area contributed by atoms with E-state index in [9.17, 15) is 9.59 Å². The van der Waals surface area contributed by atoms with Crippen LogP contribution >= 0.6 is 23.4 Å². The van der Waals surface area contributed by atoms with Crippen molar-refractivity contribution in [3.63, 3.8) is 0 Å². The van der Waals surface area contributed by atoms with Gasteiger partial charge in [-0.25, -0.2) is 9.97 Å². The number of anilines is 1. The molecule has 3 rings (SSSR count). The van der Waals surface area contributed by atoms with Crippen LogP contribution in [0.4, 0.5) is 5.82 Å². The SMILES string of the molecule is COCCCNC(=O)CSc1nc(Cl)cc(N2CCN(C(=O)CCC3CCCC3)C(C)C2)n1. The van der Waals surface area contributed by atoms with Gasteiger partial charge in [0.25, 0.3) is 0 Å². The van der Waals surface area contributed by atoms with Crippen LogP contribution in [-0.4, -0.2) is 78.4 Å². The quantitative estimate of drug-likeness (QED) is 0.217. The first kappa shape index (κ1) is 26.0. The first-order valence-corrected chi connectivity index (χ1v) is 13.3. The number of nitrogens with zero attached hydrogens (tertiary/aromatic N) is 4. The minimum Gasteiger partial charge on any atom is -0.385 e. The maximum atomic E-state index is 12.8. The standard InChI is InChI=1S/C23H36ClN5O3S/c1-17-15-28(11-12-29(17)22(31)9-8-18-6-3-4-7-18)20-14-19(24)26-23(27-20)33-16-21(30)25-10-5-13-32-2/h14,17-18H,3-13,15-16H2,1-2H3,(H,25,30). The smallest absolute Gasteiger partial charge is 0.230 e. The second kappa shape index (κ2) is 13.3. The number of halogens is 1. The number of carbonyl (C=O) groups is 2. The van der Waals surface area contributed by atoms with Crippen LogP contribution in [0.5, 0.6) is 0 Å². The molecule has 10 heteroatoms. The van der Waals surface area contributed by atoms with Crippen molar-refractivity contribution in [3.05, 3.63) is 11.2 Å². The average molecular weight is 498 g/mol. The Labute approximate surface area is 206 Å². The first-order valence-electron chi connectivity index (χ1n) is 11.9. The molecule has 0 bridgehead atoms. The summed E-state index contributed by atoms with van der Waals surface area (Å²) in [7, 11) is 1.64. The molecule has 1 N–H and O–H groups in total. The van der Waals surface area contributed by atoms with Crippen LogP contribution in [0.3, 0.4) is 0 Å². The van der Waals surface area contributed by atoms with E-state index in [2.05, 4.69) is 27.1 Å². The van der Waals surface area contributed by atoms with E-state index in [0.29, 0.717) is 49.5 Å². The van der Waals surface area contributed by atoms with Crippen LogP contribution in [0.2, 0.25) is 5.15 Å². The Bertz CT molecular complexity index is 793. The summed E-state index contributed by atoms with van der Waals surface area (Å²) in [5, 5.41) is 3.68. The first-order chi connectivity index (χ1) is 16.0. The normalized spacial score (nSPS) is 19.2. The zero-order chi connectivity index (χ0) is 23.6. The second-order valence-electron chi connectivity index (χ2n) is 8.89. The number of rotatable bonds is 11. The van der Waals surface area contributed by atoms with Gasteiger partial charge in [-0.1, -0.05) is 49.0 Å². The Morgan fingerprint density at radius 3 is 2.79 bits per heavy atom. The van der Waals surface area contributed by atoms with Crippen LogP contribution in [0.25, 0.3) is 0 Å². The van der Waals surface area contributed by atoms with Crippen molar-refractivity contribution < 1.29 is 14.3 Å². The van der Waals surface area contributed by atoms with E-state index >= 15 is 0 Å². The molecule has 2 heterocycles. The van der Waals surface area contributed by atoms with Gasteiger partial charge < -0.3 is 19.9 Å². The van der Waals surface area contributed by atoms with Gasteiger partial charge in [-0.2, -0.15) is 0 Å². The maximum absolute atomic E-state index is 12.8. The number of hydrogen-bond acceptors (Lipinski definition) is 7. The van der Waals surface area contributed by atoms with Crippen LogP contribution in [-0.2, 0) is 14.3 Å². The van der Waals surface area contributed by atoms with Crippen molar-refractivity contribution in [1.29, 1.82) is 0 Å². The Balaban J connectivity index is 1.49. The molecule has 33 heavy (non-hydrogen) atoms. The molecule has 2 fully saturated rings. The molecule has 1 aliphatic carbocycles. The molecule has 0 spiro atoms. The number of carbonyl (C=O) groups excluding carboxylic acids is 2. The van der Waals surface area contributed by atoms with Crippen LogP contribution in [0, 0.1) is 5.92 Å². The molecule has 1 unspecified atom stereocenters. The van der Waals surface area contributed by atoms with Gasteiger partial charge in [-0.05, 0) is 25.7 Å². The summed E-state index contributed by atoms with van der Waals surface area (Å²) in [6.45, 7) is 5.37. The third-order valence-corrected chi connectivity index (χ3v) is 7.39. The number of nitrogens with one attached hydrogen (secondary N) is 1. The topological polar surface area (TPSA) is 87.7 Å². The van der Waals surface area contributed by atoms with Gasteiger partial charge in [0.1, 0.15) is 11.0 Å². The van der Waals surface area contributed by atoms with Gasteiger partial charge in [-0.15, -0.1) is 0 Å². The minimum atomic E-state index is -0.0698. The predicted octanol–water partition coefficient (Wildman–Crippen LogP) is 3.38. The highest BCUT2D eigenvalue weighted by Crippen LogP contribution is 2.29. The van der Waals surface area contributed by atoms with Gasteiger partial charge in [0.05, 0.1) is 5.75 Å². The van der Waals surface area contributed by atoms with Crippen LogP contribution in [0.1, 0.15) is 51.9 Å². The Morgan fingerprint density at radius 2 is 2.06 bits per heavy atom. The summed E-state index contributed by atoms with van der Waals surface area (Å²) in [5.41, 5.74) is 0. The monoisotopic (exact) mass is 497 g/mol. The Hall–Kier alpha value is -1.58. The summed E-state index contributed by atoms with van der Waals surface area (Å²) in [6, 6.07) is 1.86. The number of thioether (sulfide) groups is 1. The van der Waals surface area contributed by atoms with Crippen molar-refractivity contribution in [2.45, 2.75) is 63.1 Å². The highest BCUT2D eigenvalue weighted by molar-refractivity contribution is 7.99. The zero-order valence-electron chi connectivity index (χ0n) is 19.7. The largest absolute Gasteiger partial charge is 0.385 e. The molecule has 2 amide bonds. The molecule has 1 aliphatic heterocycles. The maximum Gasteiger partial charge on any atom is 0.230 e. The average Bonchev–Trinajstić information content (AvgIpc) is 3.32. The lowest BCUT2D eigenvalue weighted by Crippen LogP contribution is -2.54. The van der Waals surface area contributed by atoms with Gasteiger partial charge in [0.2, 0.25) is 11.8 Å². The molecule has 1 atom stereocenters. The van der Waals surface area contributed by atoms with Gasteiger partial charge in [0.15, 0.2) is 5.16 Å². The molecule has 8 nitrogen and oxygen atoms in total. The van der Waals surface area contributed by atoms with E-state index in [0.717, 1.165) is 24.6 Å². The number of amides is 2. The van der Waals surface area contributed by atoms with Crippen LogP contribution < -0.4 is 10.2 Å². The number of hydrogen-bond donors (Lipinski definition) is 1. The second-order valence-corrected chi connectivity index (χ2v) is 10.2. The molecule has 0 aromatic carbocycles. The minimum absolute atomic E-state index is 0.0698. The number of aromatic nitrogens is 2. The zero-order valence-corrected chi connectivity index (χ0v) is 21.3. The van der Waals surface area contributed by atoms with E-state index in [1.54, 1.807) is 13.2 Å². The molecule has 0 radical (unpaired) electrons. The molecular formula is C23H36ClN5O3S. The third-order valence-electron chi connectivity index (χ3n) is 6.35. The highest BCUT2D eigenvalue weighted by Gasteiger charge is 2.29.